The Kier molecular flexibility index (Phi) is 9.99. The van der Waals surface area contributed by atoms with Gasteiger partial charge in [0.25, 0.3) is 5.91 Å². The molecule has 0 spiro atoms. The van der Waals surface area contributed by atoms with Crippen LogP contribution in [-0.2, 0) is 25.7 Å². The van der Waals surface area contributed by atoms with E-state index in [1.54, 1.807) is 53.6 Å². The summed E-state index contributed by atoms with van der Waals surface area (Å²) in [6, 6.07) is 28.4. The summed E-state index contributed by atoms with van der Waals surface area (Å²) in [7, 11) is 0. The van der Waals surface area contributed by atoms with E-state index in [9.17, 15) is 19.2 Å². The van der Waals surface area contributed by atoms with Gasteiger partial charge in [-0.05, 0) is 66.9 Å². The monoisotopic (exact) mass is 688 g/mol. The summed E-state index contributed by atoms with van der Waals surface area (Å²) in [5.41, 5.74) is 4.19. The molecule has 0 aliphatic carbocycles. The van der Waals surface area contributed by atoms with Crippen molar-refractivity contribution in [2.45, 2.75) is 30.7 Å². The highest BCUT2D eigenvalue weighted by Gasteiger charge is 2.40. The van der Waals surface area contributed by atoms with E-state index in [4.69, 9.17) is 9.73 Å². The zero-order chi connectivity index (χ0) is 34.5. The number of likely N-dealkylation sites (tertiary alicyclic amines) is 1. The Labute approximate surface area is 294 Å². The lowest BCUT2D eigenvalue weighted by atomic mass is 10.1. The summed E-state index contributed by atoms with van der Waals surface area (Å²) >= 11 is 1.38. The van der Waals surface area contributed by atoms with Crippen LogP contribution in [0.4, 0.5) is 17.1 Å². The van der Waals surface area contributed by atoms with Gasteiger partial charge in [-0.2, -0.15) is 0 Å². The van der Waals surface area contributed by atoms with Gasteiger partial charge < -0.3 is 19.9 Å². The molecule has 3 amide bonds. The zero-order valence-electron chi connectivity index (χ0n) is 27.3. The fraction of sp³-hybridized carbons (Fsp3) is 0.263. The summed E-state index contributed by atoms with van der Waals surface area (Å²) in [6.45, 7) is 3.72. The van der Waals surface area contributed by atoms with Gasteiger partial charge >= 0.3 is 0 Å². The van der Waals surface area contributed by atoms with Crippen LogP contribution in [0, 0.1) is 0 Å². The summed E-state index contributed by atoms with van der Waals surface area (Å²) in [5, 5.41) is 2.94. The van der Waals surface area contributed by atoms with Gasteiger partial charge in [-0.1, -0.05) is 60.3 Å². The third kappa shape index (κ3) is 7.31. The van der Waals surface area contributed by atoms with E-state index >= 15 is 0 Å². The molecule has 3 aliphatic heterocycles. The third-order valence-electron chi connectivity index (χ3n) is 8.97. The number of anilines is 2. The first-order chi connectivity index (χ1) is 24.4. The number of thioether (sulfide) groups is 1. The van der Waals surface area contributed by atoms with E-state index in [1.165, 1.54) is 16.7 Å². The van der Waals surface area contributed by atoms with Crippen molar-refractivity contribution in [3.8, 4) is 0 Å². The maximum Gasteiger partial charge on any atom is 0.295 e. The number of hydrogen-bond donors (Lipinski definition) is 1. The van der Waals surface area contributed by atoms with Crippen LogP contribution in [0.3, 0.4) is 0 Å². The third-order valence-corrected chi connectivity index (χ3v) is 10.2. The van der Waals surface area contributed by atoms with Crippen LogP contribution in [0.5, 0.6) is 0 Å². The first kappa shape index (κ1) is 33.2. The number of hydrogen-bond acceptors (Lipinski definition) is 9. The number of rotatable bonds is 9. The number of pyridine rings is 1. The normalized spacial score (nSPS) is 20.0. The molecule has 3 aromatic carbocycles. The maximum atomic E-state index is 13.9. The number of carbonyl (C=O) groups excluding carboxylic acids is 4. The molecular weight excluding hydrogens is 653 g/mol. The van der Waals surface area contributed by atoms with Crippen LogP contribution in [0.2, 0.25) is 0 Å². The Morgan fingerprint density at radius 2 is 1.62 bits per heavy atom. The molecule has 12 heteroatoms. The fourth-order valence-electron chi connectivity index (χ4n) is 6.31. The minimum Gasteiger partial charge on any atom is -0.378 e. The van der Waals surface area contributed by atoms with Gasteiger partial charge in [0.05, 0.1) is 31.1 Å². The molecule has 4 heterocycles. The number of nitrogens with one attached hydrogen (secondary N) is 1. The average molecular weight is 689 g/mol. The van der Waals surface area contributed by atoms with Crippen LogP contribution in [0.25, 0.3) is 0 Å². The van der Waals surface area contributed by atoms with Crippen molar-refractivity contribution in [1.82, 2.24) is 14.8 Å². The minimum atomic E-state index is -0.747. The Morgan fingerprint density at radius 1 is 0.880 bits per heavy atom. The zero-order valence-corrected chi connectivity index (χ0v) is 28.1. The molecule has 1 aromatic heterocycles. The van der Waals surface area contributed by atoms with Gasteiger partial charge in [-0.3, -0.25) is 29.1 Å². The van der Waals surface area contributed by atoms with E-state index in [-0.39, 0.29) is 18.4 Å². The lowest BCUT2D eigenvalue weighted by Crippen LogP contribution is -2.46. The summed E-state index contributed by atoms with van der Waals surface area (Å²) in [6.07, 6.45) is 2.80. The van der Waals surface area contributed by atoms with Gasteiger partial charge in [0.1, 0.15) is 11.3 Å². The van der Waals surface area contributed by atoms with Gasteiger partial charge in [-0.15, -0.1) is 0 Å². The number of carbonyl (C=O) groups is 4. The smallest absolute Gasteiger partial charge is 0.295 e. The number of aromatic nitrogens is 1. The molecule has 0 bridgehead atoms. The van der Waals surface area contributed by atoms with Crippen molar-refractivity contribution in [1.29, 1.82) is 0 Å². The molecular formula is C38H36N6O5S. The number of amides is 3. The van der Waals surface area contributed by atoms with Crippen LogP contribution < -0.4 is 10.2 Å². The molecule has 1 unspecified atom stereocenters. The topological polar surface area (TPSA) is 125 Å². The van der Waals surface area contributed by atoms with Crippen LogP contribution in [-0.4, -0.2) is 82.3 Å². The molecule has 50 heavy (non-hydrogen) atoms. The highest BCUT2D eigenvalue weighted by Crippen LogP contribution is 2.41. The van der Waals surface area contributed by atoms with E-state index in [1.807, 2.05) is 54.6 Å². The van der Waals surface area contributed by atoms with Crippen molar-refractivity contribution in [2.75, 3.05) is 43.1 Å². The summed E-state index contributed by atoms with van der Waals surface area (Å²) in [5.74, 6) is -1.77. The van der Waals surface area contributed by atoms with Crippen molar-refractivity contribution in [3.63, 3.8) is 0 Å². The highest BCUT2D eigenvalue weighted by molar-refractivity contribution is 8.15. The number of morpholine rings is 1. The van der Waals surface area contributed by atoms with Crippen molar-refractivity contribution in [3.05, 3.63) is 120 Å². The van der Waals surface area contributed by atoms with Gasteiger partial charge in [0.15, 0.2) is 5.17 Å². The standard InChI is InChI=1S/C38H36N6O5S/c45-33(26-7-2-1-3-8-26)36(47)43-20-6-10-32(43)35(46)40-28-13-11-27(12-14-28)34-37(48)44(25-30-9-4-5-19-39-30)38(50-34)41-29-15-17-31(18-16-29)42-21-23-49-24-22-42/h1-5,7-9,11-19,32,34H,6,10,20-25H2,(H,40,46)/t32-,34?/m0/s1. The summed E-state index contributed by atoms with van der Waals surface area (Å²) < 4.78 is 5.48. The molecule has 2 atom stereocenters. The van der Waals surface area contributed by atoms with Crippen LogP contribution in [0.15, 0.2) is 108 Å². The summed E-state index contributed by atoms with van der Waals surface area (Å²) in [4.78, 5) is 67.7. The molecule has 7 rings (SSSR count). The molecule has 11 nitrogen and oxygen atoms in total. The molecule has 1 N–H and O–H groups in total. The van der Waals surface area contributed by atoms with E-state index in [0.717, 1.165) is 35.7 Å². The number of benzene rings is 3. The van der Waals surface area contributed by atoms with Gasteiger partial charge in [-0.25, -0.2) is 4.99 Å². The SMILES string of the molecule is O=C(C(=O)N1CCC[C@H]1C(=O)Nc1ccc(C2SC(=Nc3ccc(N4CCOCC4)cc3)N(Cc3ccccn3)C2=O)cc1)c1ccccc1. The predicted molar refractivity (Wildman–Crippen MR) is 192 cm³/mol. The second-order valence-electron chi connectivity index (χ2n) is 12.2. The van der Waals surface area contributed by atoms with Crippen molar-refractivity contribution in [2.24, 2.45) is 4.99 Å². The van der Waals surface area contributed by atoms with Gasteiger partial charge in [0.2, 0.25) is 17.6 Å². The Morgan fingerprint density at radius 3 is 2.34 bits per heavy atom. The number of ether oxygens (including phenoxy) is 1. The van der Waals surface area contributed by atoms with Gasteiger partial charge in [0, 0.05) is 42.8 Å². The number of ketones is 1. The molecule has 3 saturated heterocycles. The van der Waals surface area contributed by atoms with Crippen molar-refractivity contribution >= 4 is 57.5 Å². The second kappa shape index (κ2) is 15.1. The number of nitrogens with zero attached hydrogens (tertiary/aromatic N) is 5. The maximum absolute atomic E-state index is 13.9. The minimum absolute atomic E-state index is 0.107. The number of Topliss-reactive ketones (excluding diaryl/α,β-unsaturated/α-hetero) is 1. The quantitative estimate of drug-likeness (QED) is 0.187. The second-order valence-corrected chi connectivity index (χ2v) is 13.3. The lowest BCUT2D eigenvalue weighted by Gasteiger charge is -2.28. The largest absolute Gasteiger partial charge is 0.378 e. The molecule has 4 aromatic rings. The Bertz CT molecular complexity index is 1880. The molecule has 254 valence electrons. The Balaban J connectivity index is 1.05. The highest BCUT2D eigenvalue weighted by atomic mass is 32.2. The first-order valence-electron chi connectivity index (χ1n) is 16.7. The van der Waals surface area contributed by atoms with E-state index < -0.39 is 23.0 Å². The predicted octanol–water partition coefficient (Wildman–Crippen LogP) is 5.24. The fourth-order valence-corrected chi connectivity index (χ4v) is 7.49. The van der Waals surface area contributed by atoms with Crippen molar-refractivity contribution < 1.29 is 23.9 Å². The first-order valence-corrected chi connectivity index (χ1v) is 17.5. The van der Waals surface area contributed by atoms with Crippen LogP contribution >= 0.6 is 11.8 Å². The number of amidine groups is 1. The Hall–Kier alpha value is -5.33. The molecule has 0 saturated carbocycles. The molecule has 3 fully saturated rings. The van der Waals surface area contributed by atoms with E-state index in [0.29, 0.717) is 49.0 Å². The molecule has 3 aliphatic rings. The average Bonchev–Trinajstić information content (AvgIpc) is 3.78. The van der Waals surface area contributed by atoms with E-state index in [2.05, 4.69) is 15.2 Å². The number of aliphatic imine (C=N–C) groups is 1. The van der Waals surface area contributed by atoms with Crippen LogP contribution in [0.1, 0.15) is 39.7 Å². The molecule has 0 radical (unpaired) electrons. The lowest BCUT2D eigenvalue weighted by molar-refractivity contribution is -0.132.